The van der Waals surface area contributed by atoms with E-state index >= 15 is 0 Å². The van der Waals surface area contributed by atoms with Crippen molar-refractivity contribution in [3.05, 3.63) is 0 Å². The molecule has 14 heteroatoms. The Hall–Kier alpha value is -3.26. The first-order valence-corrected chi connectivity index (χ1v) is 11.1. The highest BCUT2D eigenvalue weighted by atomic mass is 16.4. The summed E-state index contributed by atoms with van der Waals surface area (Å²) >= 11 is 0. The SMILES string of the molecule is NCCCCC(NC(=O)C1CCCN1C(=O)C(CC(=O)O)NC(=O)C(N)CCC(N)=O)C(=O)O. The molecule has 10 N–H and O–H groups in total. The molecule has 14 nitrogen and oxygen atoms in total. The van der Waals surface area contributed by atoms with Crippen LogP contribution >= 0.6 is 0 Å². The number of hydrogen-bond donors (Lipinski definition) is 7. The van der Waals surface area contributed by atoms with Crippen LogP contribution in [0.4, 0.5) is 0 Å². The summed E-state index contributed by atoms with van der Waals surface area (Å²) in [5, 5.41) is 23.3. The van der Waals surface area contributed by atoms with Crippen molar-refractivity contribution in [3.63, 3.8) is 0 Å². The molecule has 4 amide bonds. The Morgan fingerprint density at radius 1 is 1.00 bits per heavy atom. The third-order valence-corrected chi connectivity index (χ3v) is 5.43. The van der Waals surface area contributed by atoms with Crippen molar-refractivity contribution in [1.82, 2.24) is 15.5 Å². The molecule has 4 atom stereocenters. The summed E-state index contributed by atoms with van der Waals surface area (Å²) in [5.41, 5.74) is 16.1. The maximum absolute atomic E-state index is 13.1. The van der Waals surface area contributed by atoms with Crippen molar-refractivity contribution in [2.24, 2.45) is 17.2 Å². The van der Waals surface area contributed by atoms with Crippen LogP contribution in [-0.4, -0.2) is 87.9 Å². The average Bonchev–Trinajstić information content (AvgIpc) is 3.25. The zero-order valence-corrected chi connectivity index (χ0v) is 18.9. The molecule has 1 saturated heterocycles. The summed E-state index contributed by atoms with van der Waals surface area (Å²) in [7, 11) is 0. The molecule has 0 saturated carbocycles. The normalized spacial score (nSPS) is 17.9. The number of carboxylic acids is 2. The smallest absolute Gasteiger partial charge is 0.326 e. The van der Waals surface area contributed by atoms with Crippen LogP contribution in [0.5, 0.6) is 0 Å². The van der Waals surface area contributed by atoms with Gasteiger partial charge in [-0.25, -0.2) is 4.79 Å². The fourth-order valence-electron chi connectivity index (χ4n) is 3.60. The Kier molecular flexibility index (Phi) is 11.9. The standard InChI is InChI=1S/C20H34N6O8/c21-8-2-1-4-12(20(33)34)24-18(31)14-5-3-9-26(14)19(32)13(10-16(28)29)25-17(30)11(22)6-7-15(23)27/h11-14H,1-10,21-22H2,(H2,23,27)(H,24,31)(H,25,30)(H,28,29)(H,33,34). The number of hydrogen-bond acceptors (Lipinski definition) is 8. The van der Waals surface area contributed by atoms with E-state index in [1.807, 2.05) is 0 Å². The molecular weight excluding hydrogens is 452 g/mol. The zero-order valence-electron chi connectivity index (χ0n) is 18.9. The molecule has 34 heavy (non-hydrogen) atoms. The van der Waals surface area contributed by atoms with Gasteiger partial charge in [0.05, 0.1) is 12.5 Å². The number of carboxylic acid groups (broad SMARTS) is 2. The van der Waals surface area contributed by atoms with Gasteiger partial charge >= 0.3 is 11.9 Å². The molecule has 0 aromatic heterocycles. The van der Waals surface area contributed by atoms with Crippen molar-refractivity contribution in [3.8, 4) is 0 Å². The van der Waals surface area contributed by atoms with Gasteiger partial charge in [0.25, 0.3) is 0 Å². The molecular formula is C20H34N6O8. The Morgan fingerprint density at radius 3 is 2.24 bits per heavy atom. The van der Waals surface area contributed by atoms with E-state index in [1.54, 1.807) is 0 Å². The molecule has 1 fully saturated rings. The number of nitrogens with one attached hydrogen (secondary N) is 2. The largest absolute Gasteiger partial charge is 0.481 e. The molecule has 0 radical (unpaired) electrons. The van der Waals surface area contributed by atoms with E-state index in [9.17, 15) is 39.0 Å². The molecule has 0 aliphatic carbocycles. The number of primary amides is 1. The number of nitrogens with two attached hydrogens (primary N) is 3. The minimum absolute atomic E-state index is 0.0926. The topological polar surface area (TPSA) is 248 Å². The summed E-state index contributed by atoms with van der Waals surface area (Å²) in [6.07, 6.45) is 0.907. The molecule has 1 rings (SSSR count). The summed E-state index contributed by atoms with van der Waals surface area (Å²) in [5.74, 6) is -5.57. The van der Waals surface area contributed by atoms with Crippen LogP contribution in [0.25, 0.3) is 0 Å². The molecule has 0 bridgehead atoms. The minimum Gasteiger partial charge on any atom is -0.481 e. The van der Waals surface area contributed by atoms with Gasteiger partial charge < -0.3 is 42.9 Å². The molecule has 0 aromatic carbocycles. The first-order valence-electron chi connectivity index (χ1n) is 11.1. The van der Waals surface area contributed by atoms with E-state index in [4.69, 9.17) is 17.2 Å². The van der Waals surface area contributed by atoms with E-state index in [-0.39, 0.29) is 32.2 Å². The summed E-state index contributed by atoms with van der Waals surface area (Å²) in [6, 6.07) is -4.87. The molecule has 192 valence electrons. The Labute approximate surface area is 196 Å². The number of rotatable bonds is 15. The fourth-order valence-corrected chi connectivity index (χ4v) is 3.60. The monoisotopic (exact) mass is 486 g/mol. The van der Waals surface area contributed by atoms with E-state index in [2.05, 4.69) is 10.6 Å². The van der Waals surface area contributed by atoms with Crippen LogP contribution in [0.15, 0.2) is 0 Å². The highest BCUT2D eigenvalue weighted by Gasteiger charge is 2.39. The lowest BCUT2D eigenvalue weighted by Gasteiger charge is -2.29. The maximum Gasteiger partial charge on any atom is 0.326 e. The second kappa shape index (κ2) is 14.1. The number of likely N-dealkylation sites (tertiary alicyclic amines) is 1. The summed E-state index contributed by atoms with van der Waals surface area (Å²) < 4.78 is 0. The van der Waals surface area contributed by atoms with Crippen LogP contribution < -0.4 is 27.8 Å². The summed E-state index contributed by atoms with van der Waals surface area (Å²) in [6.45, 7) is 0.510. The molecule has 1 aliphatic heterocycles. The molecule has 0 aromatic rings. The third-order valence-electron chi connectivity index (χ3n) is 5.43. The zero-order chi connectivity index (χ0) is 25.8. The quantitative estimate of drug-likeness (QED) is 0.117. The van der Waals surface area contributed by atoms with Crippen molar-refractivity contribution in [2.75, 3.05) is 13.1 Å². The van der Waals surface area contributed by atoms with E-state index in [1.165, 1.54) is 0 Å². The highest BCUT2D eigenvalue weighted by Crippen LogP contribution is 2.20. The first kappa shape index (κ1) is 28.8. The number of aliphatic carboxylic acids is 2. The Bertz CT molecular complexity index is 776. The predicted octanol–water partition coefficient (Wildman–Crippen LogP) is -2.77. The van der Waals surface area contributed by atoms with Gasteiger partial charge in [-0.2, -0.15) is 0 Å². The molecule has 1 aliphatic rings. The third kappa shape index (κ3) is 9.31. The number of nitrogens with zero attached hydrogens (tertiary/aromatic N) is 1. The lowest BCUT2D eigenvalue weighted by molar-refractivity contribution is -0.147. The van der Waals surface area contributed by atoms with Crippen molar-refractivity contribution < 1.29 is 39.0 Å². The van der Waals surface area contributed by atoms with E-state index in [0.717, 1.165) is 4.90 Å². The van der Waals surface area contributed by atoms with Gasteiger partial charge in [-0.15, -0.1) is 0 Å². The second-order valence-corrected chi connectivity index (χ2v) is 8.14. The highest BCUT2D eigenvalue weighted by molar-refractivity contribution is 5.96. The van der Waals surface area contributed by atoms with Crippen LogP contribution in [0, 0.1) is 0 Å². The van der Waals surface area contributed by atoms with Crippen LogP contribution in [-0.2, 0) is 28.8 Å². The van der Waals surface area contributed by atoms with Gasteiger partial charge in [0.15, 0.2) is 0 Å². The van der Waals surface area contributed by atoms with Crippen LogP contribution in [0.1, 0.15) is 51.4 Å². The van der Waals surface area contributed by atoms with Crippen molar-refractivity contribution in [1.29, 1.82) is 0 Å². The Balaban J connectivity index is 2.90. The molecule has 4 unspecified atom stereocenters. The van der Waals surface area contributed by atoms with Gasteiger partial charge in [-0.1, -0.05) is 0 Å². The molecule has 1 heterocycles. The lowest BCUT2D eigenvalue weighted by Crippen LogP contribution is -2.57. The van der Waals surface area contributed by atoms with Gasteiger partial charge in [0, 0.05) is 13.0 Å². The first-order chi connectivity index (χ1) is 16.0. The predicted molar refractivity (Wildman–Crippen MR) is 118 cm³/mol. The van der Waals surface area contributed by atoms with Crippen molar-refractivity contribution >= 4 is 35.6 Å². The lowest BCUT2D eigenvalue weighted by atomic mass is 10.1. The number of amides is 4. The van der Waals surface area contributed by atoms with E-state index < -0.39 is 66.2 Å². The minimum atomic E-state index is -1.50. The second-order valence-electron chi connectivity index (χ2n) is 8.14. The van der Waals surface area contributed by atoms with Gasteiger partial charge in [0.2, 0.25) is 23.6 Å². The van der Waals surface area contributed by atoms with Crippen LogP contribution in [0.2, 0.25) is 0 Å². The van der Waals surface area contributed by atoms with Crippen molar-refractivity contribution in [2.45, 2.75) is 75.5 Å². The number of unbranched alkanes of at least 4 members (excludes halogenated alkanes) is 1. The van der Waals surface area contributed by atoms with E-state index in [0.29, 0.717) is 25.8 Å². The maximum atomic E-state index is 13.1. The van der Waals surface area contributed by atoms with Crippen LogP contribution in [0.3, 0.4) is 0 Å². The average molecular weight is 487 g/mol. The van der Waals surface area contributed by atoms with Gasteiger partial charge in [-0.3, -0.25) is 24.0 Å². The number of carbonyl (C=O) groups excluding carboxylic acids is 4. The molecule has 0 spiro atoms. The van der Waals surface area contributed by atoms with Gasteiger partial charge in [0.1, 0.15) is 18.1 Å². The number of carbonyl (C=O) groups is 6. The summed E-state index contributed by atoms with van der Waals surface area (Å²) in [4.78, 5) is 73.0. The van der Waals surface area contributed by atoms with Gasteiger partial charge in [-0.05, 0) is 45.1 Å². The Morgan fingerprint density at radius 2 is 1.68 bits per heavy atom. The fraction of sp³-hybridized carbons (Fsp3) is 0.700.